The molecule has 0 radical (unpaired) electrons. The van der Waals surface area contributed by atoms with Crippen LogP contribution in [-0.4, -0.2) is 10.9 Å². The van der Waals surface area contributed by atoms with Crippen LogP contribution in [0.4, 0.5) is 5.13 Å². The maximum Gasteiger partial charge on any atom is 0.257 e. The maximum atomic E-state index is 12.2. The summed E-state index contributed by atoms with van der Waals surface area (Å²) in [6.07, 6.45) is 0. The van der Waals surface area contributed by atoms with Crippen molar-refractivity contribution < 1.29 is 4.79 Å². The van der Waals surface area contributed by atoms with Crippen LogP contribution in [0.5, 0.6) is 0 Å². The third kappa shape index (κ3) is 3.07. The van der Waals surface area contributed by atoms with E-state index in [1.54, 1.807) is 12.1 Å². The van der Waals surface area contributed by atoms with Gasteiger partial charge in [0, 0.05) is 16.0 Å². The number of nitrogens with one attached hydrogen (secondary N) is 1. The van der Waals surface area contributed by atoms with E-state index in [1.807, 2.05) is 25.1 Å². The summed E-state index contributed by atoms with van der Waals surface area (Å²) in [7, 11) is 0. The molecule has 0 aliphatic heterocycles. The van der Waals surface area contributed by atoms with Crippen molar-refractivity contribution >= 4 is 22.4 Å². The first-order valence-corrected chi connectivity index (χ1v) is 7.86. The highest BCUT2D eigenvalue weighted by atomic mass is 32.1. The average molecular weight is 308 g/mol. The third-order valence-corrected chi connectivity index (χ3v) is 4.26. The number of benzene rings is 2. The Morgan fingerprint density at radius 2 is 1.68 bits per heavy atom. The Morgan fingerprint density at radius 1 is 1.00 bits per heavy atom. The van der Waals surface area contributed by atoms with Crippen LogP contribution in [-0.2, 0) is 0 Å². The summed E-state index contributed by atoms with van der Waals surface area (Å²) >= 11 is 1.49. The SMILES string of the molecule is Cc1ccc(-c2nc(NC(=O)c3ccccc3)sc2C)cc1. The predicted molar refractivity (Wildman–Crippen MR) is 91.4 cm³/mol. The Hall–Kier alpha value is -2.46. The number of rotatable bonds is 3. The number of carbonyl (C=O) groups excluding carboxylic acids is 1. The molecular formula is C18H16N2OS. The highest BCUT2D eigenvalue weighted by molar-refractivity contribution is 7.16. The lowest BCUT2D eigenvalue weighted by Gasteiger charge is -2.01. The summed E-state index contributed by atoms with van der Waals surface area (Å²) in [6.45, 7) is 4.08. The number of amides is 1. The zero-order chi connectivity index (χ0) is 15.5. The van der Waals surface area contributed by atoms with E-state index in [0.29, 0.717) is 10.7 Å². The summed E-state index contributed by atoms with van der Waals surface area (Å²) in [5.74, 6) is -0.134. The van der Waals surface area contributed by atoms with Crippen LogP contribution >= 0.6 is 11.3 Å². The van der Waals surface area contributed by atoms with E-state index < -0.39 is 0 Å². The van der Waals surface area contributed by atoms with Gasteiger partial charge in [0.25, 0.3) is 5.91 Å². The van der Waals surface area contributed by atoms with Crippen molar-refractivity contribution in [1.82, 2.24) is 4.98 Å². The van der Waals surface area contributed by atoms with E-state index in [4.69, 9.17) is 0 Å². The van der Waals surface area contributed by atoms with Gasteiger partial charge in [-0.2, -0.15) is 0 Å². The van der Waals surface area contributed by atoms with Gasteiger partial charge in [0.1, 0.15) is 0 Å². The minimum absolute atomic E-state index is 0.134. The molecule has 0 unspecified atom stereocenters. The normalized spacial score (nSPS) is 10.5. The summed E-state index contributed by atoms with van der Waals surface area (Å²) in [5, 5.41) is 3.50. The second-order valence-electron chi connectivity index (χ2n) is 5.11. The van der Waals surface area contributed by atoms with Gasteiger partial charge in [-0.05, 0) is 26.0 Å². The van der Waals surface area contributed by atoms with Gasteiger partial charge in [-0.3, -0.25) is 10.1 Å². The Balaban J connectivity index is 1.83. The fourth-order valence-electron chi connectivity index (χ4n) is 2.19. The summed E-state index contributed by atoms with van der Waals surface area (Å²) in [5.41, 5.74) is 3.84. The van der Waals surface area contributed by atoms with Gasteiger partial charge in [-0.15, -0.1) is 11.3 Å². The van der Waals surface area contributed by atoms with E-state index in [2.05, 4.69) is 41.5 Å². The fraction of sp³-hybridized carbons (Fsp3) is 0.111. The van der Waals surface area contributed by atoms with Crippen LogP contribution < -0.4 is 5.32 Å². The molecule has 1 heterocycles. The number of carbonyl (C=O) groups is 1. The third-order valence-electron chi connectivity index (χ3n) is 3.38. The van der Waals surface area contributed by atoms with Crippen LogP contribution in [0, 0.1) is 13.8 Å². The topological polar surface area (TPSA) is 42.0 Å². The lowest BCUT2D eigenvalue weighted by molar-refractivity contribution is 0.102. The molecule has 0 spiro atoms. The van der Waals surface area contributed by atoms with Crippen LogP contribution in [0.1, 0.15) is 20.8 Å². The Bertz CT molecular complexity index is 792. The lowest BCUT2D eigenvalue weighted by Crippen LogP contribution is -2.11. The molecule has 2 aromatic carbocycles. The zero-order valence-electron chi connectivity index (χ0n) is 12.5. The number of aryl methyl sites for hydroxylation is 2. The highest BCUT2D eigenvalue weighted by Crippen LogP contribution is 2.30. The standard InChI is InChI=1S/C18H16N2OS/c1-12-8-10-14(11-9-12)16-13(2)22-18(19-16)20-17(21)15-6-4-3-5-7-15/h3-11H,1-2H3,(H,19,20,21). The molecule has 4 heteroatoms. The number of hydrogen-bond donors (Lipinski definition) is 1. The molecule has 3 nitrogen and oxygen atoms in total. The average Bonchev–Trinajstić information content (AvgIpc) is 2.89. The van der Waals surface area contributed by atoms with Gasteiger partial charge in [0.2, 0.25) is 0 Å². The van der Waals surface area contributed by atoms with Crippen LogP contribution in [0.2, 0.25) is 0 Å². The van der Waals surface area contributed by atoms with Crippen LogP contribution in [0.15, 0.2) is 54.6 Å². The number of hydrogen-bond acceptors (Lipinski definition) is 3. The number of anilines is 1. The Morgan fingerprint density at radius 3 is 2.36 bits per heavy atom. The monoisotopic (exact) mass is 308 g/mol. The van der Waals surface area contributed by atoms with Gasteiger partial charge < -0.3 is 0 Å². The molecule has 0 fully saturated rings. The quantitative estimate of drug-likeness (QED) is 0.763. The van der Waals surface area contributed by atoms with E-state index >= 15 is 0 Å². The van der Waals surface area contributed by atoms with E-state index in [1.165, 1.54) is 16.9 Å². The van der Waals surface area contributed by atoms with Crippen molar-refractivity contribution in [3.05, 3.63) is 70.6 Å². The number of thiazole rings is 1. The van der Waals surface area contributed by atoms with Crippen LogP contribution in [0.3, 0.4) is 0 Å². The lowest BCUT2D eigenvalue weighted by atomic mass is 10.1. The van der Waals surface area contributed by atoms with Crippen molar-refractivity contribution in [3.63, 3.8) is 0 Å². The summed E-state index contributed by atoms with van der Waals surface area (Å²) in [6, 6.07) is 17.4. The smallest absolute Gasteiger partial charge is 0.257 e. The number of aromatic nitrogens is 1. The molecule has 0 saturated heterocycles. The van der Waals surface area contributed by atoms with Crippen molar-refractivity contribution in [2.24, 2.45) is 0 Å². The zero-order valence-corrected chi connectivity index (χ0v) is 13.3. The molecule has 1 N–H and O–H groups in total. The van der Waals surface area contributed by atoms with Crippen molar-refractivity contribution in [1.29, 1.82) is 0 Å². The van der Waals surface area contributed by atoms with Gasteiger partial charge in [-0.1, -0.05) is 48.0 Å². The second-order valence-corrected chi connectivity index (χ2v) is 6.31. The first-order valence-electron chi connectivity index (χ1n) is 7.04. The van der Waals surface area contributed by atoms with E-state index in [-0.39, 0.29) is 5.91 Å². The van der Waals surface area contributed by atoms with E-state index in [9.17, 15) is 4.79 Å². The highest BCUT2D eigenvalue weighted by Gasteiger charge is 2.12. The molecule has 0 aliphatic carbocycles. The van der Waals surface area contributed by atoms with E-state index in [0.717, 1.165) is 16.1 Å². The first kappa shape index (κ1) is 14.5. The summed E-state index contributed by atoms with van der Waals surface area (Å²) in [4.78, 5) is 17.8. The Labute approximate surface area is 133 Å². The fourth-order valence-corrected chi connectivity index (χ4v) is 3.02. The molecule has 22 heavy (non-hydrogen) atoms. The molecule has 1 amide bonds. The van der Waals surface area contributed by atoms with Crippen molar-refractivity contribution in [3.8, 4) is 11.3 Å². The van der Waals surface area contributed by atoms with Gasteiger partial charge in [0.15, 0.2) is 5.13 Å². The molecule has 1 aromatic heterocycles. The van der Waals surface area contributed by atoms with Crippen molar-refractivity contribution in [2.75, 3.05) is 5.32 Å². The number of nitrogens with zero attached hydrogens (tertiary/aromatic N) is 1. The molecule has 3 aromatic rings. The largest absolute Gasteiger partial charge is 0.298 e. The summed E-state index contributed by atoms with van der Waals surface area (Å²) < 4.78 is 0. The second kappa shape index (κ2) is 6.12. The van der Waals surface area contributed by atoms with Gasteiger partial charge in [0.05, 0.1) is 5.69 Å². The maximum absolute atomic E-state index is 12.2. The molecule has 110 valence electrons. The minimum Gasteiger partial charge on any atom is -0.298 e. The van der Waals surface area contributed by atoms with Crippen molar-refractivity contribution in [2.45, 2.75) is 13.8 Å². The van der Waals surface area contributed by atoms with Crippen LogP contribution in [0.25, 0.3) is 11.3 Å². The first-order chi connectivity index (χ1) is 10.6. The molecule has 0 atom stereocenters. The molecule has 0 saturated carbocycles. The van der Waals surface area contributed by atoms with Gasteiger partial charge in [-0.25, -0.2) is 4.98 Å². The predicted octanol–water partition coefficient (Wildman–Crippen LogP) is 4.68. The van der Waals surface area contributed by atoms with Gasteiger partial charge >= 0.3 is 0 Å². The molecule has 3 rings (SSSR count). The Kier molecular flexibility index (Phi) is 4.02. The molecule has 0 aliphatic rings. The minimum atomic E-state index is -0.134. The molecule has 0 bridgehead atoms. The molecular weight excluding hydrogens is 292 g/mol.